The number of hydrogen-bond donors (Lipinski definition) is 0. The van der Waals surface area contributed by atoms with Gasteiger partial charge in [0, 0.05) is 16.8 Å². The summed E-state index contributed by atoms with van der Waals surface area (Å²) in [5, 5.41) is 0. The van der Waals surface area contributed by atoms with E-state index in [0.29, 0.717) is 6.54 Å². The Hall–Kier alpha value is -2.20. The van der Waals surface area contributed by atoms with E-state index in [1.54, 1.807) is 6.26 Å². The van der Waals surface area contributed by atoms with Crippen molar-refractivity contribution in [3.8, 4) is 11.4 Å². The fourth-order valence-electron chi connectivity index (χ4n) is 3.14. The van der Waals surface area contributed by atoms with Crippen molar-refractivity contribution >= 4 is 12.2 Å². The smallest absolute Gasteiger partial charge is 0.142 e. The standard InChI is InChI=1S/C18H16N2OS/c22-18-15-9-4-10-16(15)20(12-14-8-5-11-21-14)17(19-18)13-6-2-1-3-7-13/h1-3,5-8,11H,4,9-10,12H2. The normalized spacial score (nSPS) is 13.3. The fraction of sp³-hybridized carbons (Fsp3) is 0.222. The van der Waals surface area contributed by atoms with Crippen molar-refractivity contribution < 1.29 is 4.42 Å². The van der Waals surface area contributed by atoms with Crippen molar-refractivity contribution in [1.29, 1.82) is 0 Å². The first-order chi connectivity index (χ1) is 10.8. The summed E-state index contributed by atoms with van der Waals surface area (Å²) < 4.78 is 8.57. The summed E-state index contributed by atoms with van der Waals surface area (Å²) >= 11 is 5.53. The van der Waals surface area contributed by atoms with Gasteiger partial charge in [-0.2, -0.15) is 0 Å². The molecule has 110 valence electrons. The maximum Gasteiger partial charge on any atom is 0.142 e. The van der Waals surface area contributed by atoms with E-state index in [4.69, 9.17) is 21.6 Å². The summed E-state index contributed by atoms with van der Waals surface area (Å²) in [4.78, 5) is 4.73. The van der Waals surface area contributed by atoms with Crippen molar-refractivity contribution in [2.75, 3.05) is 0 Å². The number of aromatic nitrogens is 2. The highest BCUT2D eigenvalue weighted by molar-refractivity contribution is 7.71. The second-order valence-corrected chi connectivity index (χ2v) is 5.94. The van der Waals surface area contributed by atoms with Crippen LogP contribution in [-0.2, 0) is 19.4 Å². The Labute approximate surface area is 134 Å². The van der Waals surface area contributed by atoms with Crippen LogP contribution in [0.25, 0.3) is 11.4 Å². The van der Waals surface area contributed by atoms with Crippen LogP contribution in [-0.4, -0.2) is 9.55 Å². The molecule has 0 fully saturated rings. The molecule has 0 saturated heterocycles. The second kappa shape index (κ2) is 5.54. The van der Waals surface area contributed by atoms with Gasteiger partial charge in [-0.25, -0.2) is 4.98 Å². The van der Waals surface area contributed by atoms with Crippen molar-refractivity contribution in [2.45, 2.75) is 25.8 Å². The summed E-state index contributed by atoms with van der Waals surface area (Å²) in [6, 6.07) is 14.2. The number of rotatable bonds is 3. The maximum atomic E-state index is 5.54. The van der Waals surface area contributed by atoms with E-state index in [2.05, 4.69) is 16.7 Å². The molecule has 1 aliphatic carbocycles. The summed E-state index contributed by atoms with van der Waals surface area (Å²) in [6.45, 7) is 0.697. The van der Waals surface area contributed by atoms with Crippen molar-refractivity contribution in [3.05, 3.63) is 70.4 Å². The first kappa shape index (κ1) is 13.5. The third kappa shape index (κ3) is 2.29. The number of furan rings is 1. The van der Waals surface area contributed by atoms with E-state index >= 15 is 0 Å². The van der Waals surface area contributed by atoms with E-state index in [-0.39, 0.29) is 0 Å². The van der Waals surface area contributed by atoms with Gasteiger partial charge in [0.1, 0.15) is 16.2 Å². The van der Waals surface area contributed by atoms with E-state index < -0.39 is 0 Å². The Bertz CT molecular complexity index is 851. The zero-order chi connectivity index (χ0) is 14.9. The van der Waals surface area contributed by atoms with Gasteiger partial charge in [-0.15, -0.1) is 0 Å². The lowest BCUT2D eigenvalue weighted by atomic mass is 10.1. The van der Waals surface area contributed by atoms with Crippen molar-refractivity contribution in [3.63, 3.8) is 0 Å². The minimum Gasteiger partial charge on any atom is -0.467 e. The molecule has 0 amide bonds. The molecule has 0 N–H and O–H groups in total. The van der Waals surface area contributed by atoms with Gasteiger partial charge in [-0.3, -0.25) is 0 Å². The molecule has 1 aliphatic rings. The molecule has 0 unspecified atom stereocenters. The zero-order valence-corrected chi connectivity index (χ0v) is 13.0. The molecule has 1 aromatic carbocycles. The van der Waals surface area contributed by atoms with Crippen LogP contribution in [0.4, 0.5) is 0 Å². The quantitative estimate of drug-likeness (QED) is 0.672. The van der Waals surface area contributed by atoms with Gasteiger partial charge in [0.25, 0.3) is 0 Å². The Morgan fingerprint density at radius 1 is 1.09 bits per heavy atom. The van der Waals surface area contributed by atoms with Gasteiger partial charge in [-0.1, -0.05) is 42.5 Å². The van der Waals surface area contributed by atoms with Crippen LogP contribution in [0.3, 0.4) is 0 Å². The predicted octanol–water partition coefficient (Wildman–Crippen LogP) is 4.41. The van der Waals surface area contributed by atoms with E-state index in [0.717, 1.165) is 41.1 Å². The lowest BCUT2D eigenvalue weighted by Gasteiger charge is -2.17. The molecule has 4 rings (SSSR count). The van der Waals surface area contributed by atoms with Crippen LogP contribution in [0.2, 0.25) is 0 Å². The SMILES string of the molecule is S=c1nc(-c2ccccc2)n(Cc2ccco2)c2c1CCC2. The fourth-order valence-corrected chi connectivity index (χ4v) is 3.45. The van der Waals surface area contributed by atoms with E-state index in [1.807, 2.05) is 30.3 Å². The Balaban J connectivity index is 1.93. The van der Waals surface area contributed by atoms with Crippen molar-refractivity contribution in [2.24, 2.45) is 0 Å². The summed E-state index contributed by atoms with van der Waals surface area (Å²) in [6.07, 6.45) is 4.96. The summed E-state index contributed by atoms with van der Waals surface area (Å²) in [5.41, 5.74) is 3.64. The Morgan fingerprint density at radius 2 is 1.95 bits per heavy atom. The van der Waals surface area contributed by atoms with Gasteiger partial charge < -0.3 is 8.98 Å². The average molecular weight is 308 g/mol. The van der Waals surface area contributed by atoms with Crippen LogP contribution in [0.1, 0.15) is 23.4 Å². The molecule has 0 aliphatic heterocycles. The molecule has 0 bridgehead atoms. The molecule has 0 radical (unpaired) electrons. The minimum atomic E-state index is 0.697. The predicted molar refractivity (Wildman–Crippen MR) is 88.3 cm³/mol. The van der Waals surface area contributed by atoms with Crippen LogP contribution in [0, 0.1) is 4.64 Å². The van der Waals surface area contributed by atoms with Crippen LogP contribution in [0.5, 0.6) is 0 Å². The number of benzene rings is 1. The topological polar surface area (TPSA) is 31.0 Å². The minimum absolute atomic E-state index is 0.697. The third-order valence-electron chi connectivity index (χ3n) is 4.16. The van der Waals surface area contributed by atoms with Crippen LogP contribution >= 0.6 is 12.2 Å². The molecule has 0 spiro atoms. The molecular formula is C18H16N2OS. The third-order valence-corrected chi connectivity index (χ3v) is 4.50. The average Bonchev–Trinajstić information content (AvgIpc) is 3.22. The van der Waals surface area contributed by atoms with Gasteiger partial charge >= 0.3 is 0 Å². The molecule has 4 heteroatoms. The van der Waals surface area contributed by atoms with Gasteiger partial charge in [-0.05, 0) is 31.4 Å². The highest BCUT2D eigenvalue weighted by Gasteiger charge is 2.21. The van der Waals surface area contributed by atoms with Gasteiger partial charge in [0.15, 0.2) is 0 Å². The molecule has 3 nitrogen and oxygen atoms in total. The highest BCUT2D eigenvalue weighted by Crippen LogP contribution is 2.28. The van der Waals surface area contributed by atoms with Gasteiger partial charge in [0.2, 0.25) is 0 Å². The van der Waals surface area contributed by atoms with E-state index in [1.165, 1.54) is 11.3 Å². The lowest BCUT2D eigenvalue weighted by molar-refractivity contribution is 0.488. The zero-order valence-electron chi connectivity index (χ0n) is 12.2. The number of nitrogens with zero attached hydrogens (tertiary/aromatic N) is 2. The molecule has 3 aromatic rings. The van der Waals surface area contributed by atoms with Crippen molar-refractivity contribution in [1.82, 2.24) is 9.55 Å². The molecule has 0 saturated carbocycles. The Morgan fingerprint density at radius 3 is 2.73 bits per heavy atom. The lowest BCUT2D eigenvalue weighted by Crippen LogP contribution is -2.12. The largest absolute Gasteiger partial charge is 0.467 e. The van der Waals surface area contributed by atoms with Crippen LogP contribution in [0.15, 0.2) is 53.1 Å². The highest BCUT2D eigenvalue weighted by atomic mass is 32.1. The monoisotopic (exact) mass is 308 g/mol. The van der Waals surface area contributed by atoms with Gasteiger partial charge in [0.05, 0.1) is 12.8 Å². The maximum absolute atomic E-state index is 5.54. The molecule has 0 atom stereocenters. The second-order valence-electron chi connectivity index (χ2n) is 5.55. The molecular weight excluding hydrogens is 292 g/mol. The number of hydrogen-bond acceptors (Lipinski definition) is 3. The first-order valence-corrected chi connectivity index (χ1v) is 7.94. The molecule has 2 aromatic heterocycles. The Kier molecular flexibility index (Phi) is 3.39. The summed E-state index contributed by atoms with van der Waals surface area (Å²) in [7, 11) is 0. The molecule has 2 heterocycles. The first-order valence-electron chi connectivity index (χ1n) is 7.53. The summed E-state index contributed by atoms with van der Waals surface area (Å²) in [5.74, 6) is 1.87. The van der Waals surface area contributed by atoms with E-state index in [9.17, 15) is 0 Å². The molecule has 22 heavy (non-hydrogen) atoms. The van der Waals surface area contributed by atoms with Crippen LogP contribution < -0.4 is 0 Å². The number of fused-ring (bicyclic) bond motifs is 1.